The van der Waals surface area contributed by atoms with Gasteiger partial charge in [0.05, 0.1) is 10.6 Å². The van der Waals surface area contributed by atoms with Gasteiger partial charge in [-0.2, -0.15) is 0 Å². The zero-order valence-corrected chi connectivity index (χ0v) is 14.8. The van der Waals surface area contributed by atoms with Crippen LogP contribution in [0.25, 0.3) is 0 Å². The van der Waals surface area contributed by atoms with Gasteiger partial charge in [0, 0.05) is 4.47 Å². The molecule has 5 nitrogen and oxygen atoms in total. The summed E-state index contributed by atoms with van der Waals surface area (Å²) >= 11 is 9.19. The highest BCUT2D eigenvalue weighted by atomic mass is 79.9. The highest BCUT2D eigenvalue weighted by molar-refractivity contribution is 9.10. The second-order valence-corrected chi connectivity index (χ2v) is 6.08. The summed E-state index contributed by atoms with van der Waals surface area (Å²) in [6.45, 7) is 1.43. The smallest absolute Gasteiger partial charge is 0.279 e. The van der Waals surface area contributed by atoms with E-state index in [0.29, 0.717) is 0 Å². The van der Waals surface area contributed by atoms with Gasteiger partial charge in [0.1, 0.15) is 0 Å². The minimum Gasteiger partial charge on any atom is -0.478 e. The second-order valence-electron chi connectivity index (χ2n) is 4.76. The second kappa shape index (κ2) is 8.12. The average molecular weight is 416 g/mol. The van der Waals surface area contributed by atoms with Crippen LogP contribution in [0.15, 0.2) is 46.9 Å². The summed E-state index contributed by atoms with van der Waals surface area (Å²) in [6.07, 6.45) is -1.01. The number of amides is 2. The summed E-state index contributed by atoms with van der Waals surface area (Å²) in [5, 5.41) is 0.228. The van der Waals surface area contributed by atoms with Gasteiger partial charge in [0.15, 0.2) is 17.7 Å². The molecule has 0 aromatic heterocycles. The van der Waals surface area contributed by atoms with E-state index >= 15 is 0 Å². The maximum atomic E-state index is 13.5. The van der Waals surface area contributed by atoms with Crippen molar-refractivity contribution in [2.75, 3.05) is 0 Å². The molecule has 1 unspecified atom stereocenters. The Morgan fingerprint density at radius 3 is 2.58 bits per heavy atom. The standard InChI is InChI=1S/C16H13BrClFN2O3/c1-9(24-14-5-3-2-4-13(14)19)15(22)20-21-16(23)11-7-6-10(17)8-12(11)18/h2-9H,1H3,(H,20,22)(H,21,23). The number of hydrogen-bond donors (Lipinski definition) is 2. The molecule has 0 aliphatic heterocycles. The van der Waals surface area contributed by atoms with Gasteiger partial charge in [0.25, 0.3) is 11.8 Å². The molecule has 24 heavy (non-hydrogen) atoms. The van der Waals surface area contributed by atoms with Gasteiger partial charge in [-0.3, -0.25) is 20.4 Å². The first-order valence-electron chi connectivity index (χ1n) is 6.85. The van der Waals surface area contributed by atoms with Crippen molar-refractivity contribution in [3.05, 3.63) is 63.3 Å². The number of carbonyl (C=O) groups is 2. The highest BCUT2D eigenvalue weighted by Gasteiger charge is 2.18. The van der Waals surface area contributed by atoms with Gasteiger partial charge >= 0.3 is 0 Å². The molecular formula is C16H13BrClFN2O3. The normalized spacial score (nSPS) is 11.5. The zero-order valence-electron chi connectivity index (χ0n) is 12.5. The van der Waals surface area contributed by atoms with E-state index in [4.69, 9.17) is 16.3 Å². The quantitative estimate of drug-likeness (QED) is 0.752. The minimum absolute atomic E-state index is 0.0533. The van der Waals surface area contributed by atoms with Crippen molar-refractivity contribution in [3.8, 4) is 5.75 Å². The Bertz CT molecular complexity index is 773. The number of ether oxygens (including phenoxy) is 1. The number of para-hydroxylation sites is 1. The van der Waals surface area contributed by atoms with Crippen LogP contribution >= 0.6 is 27.5 Å². The molecule has 0 aliphatic rings. The summed E-state index contributed by atoms with van der Waals surface area (Å²) in [5.74, 6) is -1.86. The van der Waals surface area contributed by atoms with E-state index in [9.17, 15) is 14.0 Å². The van der Waals surface area contributed by atoms with Crippen molar-refractivity contribution in [2.45, 2.75) is 13.0 Å². The van der Waals surface area contributed by atoms with Crippen molar-refractivity contribution in [1.29, 1.82) is 0 Å². The van der Waals surface area contributed by atoms with E-state index in [1.165, 1.54) is 31.2 Å². The lowest BCUT2D eigenvalue weighted by atomic mass is 10.2. The van der Waals surface area contributed by atoms with E-state index < -0.39 is 23.7 Å². The number of hydrogen-bond acceptors (Lipinski definition) is 3. The van der Waals surface area contributed by atoms with Crippen molar-refractivity contribution in [1.82, 2.24) is 10.9 Å². The van der Waals surface area contributed by atoms with Gasteiger partial charge < -0.3 is 4.74 Å². The van der Waals surface area contributed by atoms with Crippen LogP contribution in [0.1, 0.15) is 17.3 Å². The Morgan fingerprint density at radius 2 is 1.92 bits per heavy atom. The van der Waals surface area contributed by atoms with Gasteiger partial charge in [-0.15, -0.1) is 0 Å². The molecule has 2 N–H and O–H groups in total. The van der Waals surface area contributed by atoms with Crippen LogP contribution in [0, 0.1) is 5.82 Å². The van der Waals surface area contributed by atoms with Crippen molar-refractivity contribution in [3.63, 3.8) is 0 Å². The fourth-order valence-electron chi connectivity index (χ4n) is 1.75. The van der Waals surface area contributed by atoms with Gasteiger partial charge in [-0.25, -0.2) is 4.39 Å². The summed E-state index contributed by atoms with van der Waals surface area (Å²) in [4.78, 5) is 23.9. The van der Waals surface area contributed by atoms with Crippen LogP contribution in [0.4, 0.5) is 4.39 Å². The molecule has 2 rings (SSSR count). The third-order valence-electron chi connectivity index (χ3n) is 2.98. The predicted octanol–water partition coefficient (Wildman–Crippen LogP) is 3.47. The van der Waals surface area contributed by atoms with Crippen LogP contribution in [0.5, 0.6) is 5.75 Å². The maximum absolute atomic E-state index is 13.5. The number of carbonyl (C=O) groups excluding carboxylic acids is 2. The van der Waals surface area contributed by atoms with E-state index in [-0.39, 0.29) is 16.3 Å². The van der Waals surface area contributed by atoms with Gasteiger partial charge in [-0.05, 0) is 37.3 Å². The van der Waals surface area contributed by atoms with E-state index in [1.807, 2.05) is 0 Å². The van der Waals surface area contributed by atoms with Crippen LogP contribution in [0.2, 0.25) is 5.02 Å². The summed E-state index contributed by atoms with van der Waals surface area (Å²) in [5.41, 5.74) is 4.63. The average Bonchev–Trinajstić information content (AvgIpc) is 2.54. The van der Waals surface area contributed by atoms with Crippen LogP contribution in [-0.4, -0.2) is 17.9 Å². The molecule has 8 heteroatoms. The van der Waals surface area contributed by atoms with Crippen molar-refractivity contribution in [2.24, 2.45) is 0 Å². The highest BCUT2D eigenvalue weighted by Crippen LogP contribution is 2.21. The van der Waals surface area contributed by atoms with Gasteiger partial charge in [0.2, 0.25) is 0 Å². The lowest BCUT2D eigenvalue weighted by molar-refractivity contribution is -0.128. The molecule has 0 saturated heterocycles. The zero-order chi connectivity index (χ0) is 17.7. The van der Waals surface area contributed by atoms with E-state index in [2.05, 4.69) is 26.8 Å². The van der Waals surface area contributed by atoms with Crippen LogP contribution in [-0.2, 0) is 4.79 Å². The fraction of sp³-hybridized carbons (Fsp3) is 0.125. The third kappa shape index (κ3) is 4.69. The molecular weight excluding hydrogens is 403 g/mol. The molecule has 0 radical (unpaired) electrons. The van der Waals surface area contributed by atoms with Crippen LogP contribution in [0.3, 0.4) is 0 Å². The molecule has 126 valence electrons. The number of benzene rings is 2. The summed E-state index contributed by atoms with van der Waals surface area (Å²) in [6, 6.07) is 10.4. The molecule has 0 saturated carbocycles. The first-order valence-corrected chi connectivity index (χ1v) is 8.02. The van der Waals surface area contributed by atoms with Crippen molar-refractivity contribution < 1.29 is 18.7 Å². The fourth-order valence-corrected chi connectivity index (χ4v) is 2.50. The molecule has 0 spiro atoms. The Morgan fingerprint density at radius 1 is 1.21 bits per heavy atom. The summed E-state index contributed by atoms with van der Waals surface area (Å²) in [7, 11) is 0. The van der Waals surface area contributed by atoms with E-state index in [1.54, 1.807) is 18.2 Å². The molecule has 2 aromatic rings. The minimum atomic E-state index is -1.01. The molecule has 0 heterocycles. The Balaban J connectivity index is 1.92. The predicted molar refractivity (Wildman–Crippen MR) is 91.3 cm³/mol. The van der Waals surface area contributed by atoms with Gasteiger partial charge in [-0.1, -0.05) is 39.7 Å². The first-order chi connectivity index (χ1) is 11.4. The number of nitrogens with one attached hydrogen (secondary N) is 2. The molecule has 0 bridgehead atoms. The number of hydrazine groups is 1. The SMILES string of the molecule is CC(Oc1ccccc1F)C(=O)NNC(=O)c1ccc(Br)cc1Cl. The molecule has 2 aromatic carbocycles. The maximum Gasteiger partial charge on any atom is 0.279 e. The lowest BCUT2D eigenvalue weighted by Gasteiger charge is -2.15. The largest absolute Gasteiger partial charge is 0.478 e. The van der Waals surface area contributed by atoms with E-state index in [0.717, 1.165) is 4.47 Å². The topological polar surface area (TPSA) is 67.4 Å². The Kier molecular flexibility index (Phi) is 6.16. The number of rotatable bonds is 4. The Hall–Kier alpha value is -2.12. The van der Waals surface area contributed by atoms with Crippen LogP contribution < -0.4 is 15.6 Å². The first kappa shape index (κ1) is 18.2. The summed E-state index contributed by atoms with van der Waals surface area (Å²) < 4.78 is 19.4. The molecule has 2 amide bonds. The molecule has 1 atom stereocenters. The molecule has 0 fully saturated rings. The van der Waals surface area contributed by atoms with Crippen molar-refractivity contribution >= 4 is 39.3 Å². The third-order valence-corrected chi connectivity index (χ3v) is 3.79. The molecule has 0 aliphatic carbocycles. The number of halogens is 3. The Labute approximate surface area is 151 Å². The monoisotopic (exact) mass is 414 g/mol. The lowest BCUT2D eigenvalue weighted by Crippen LogP contribution is -2.47.